The lowest BCUT2D eigenvalue weighted by molar-refractivity contribution is 0.669. The number of rotatable bonds is 6. The second-order valence-corrected chi connectivity index (χ2v) is 14.9. The predicted molar refractivity (Wildman–Crippen MR) is 233 cm³/mol. The molecule has 0 aliphatic heterocycles. The van der Waals surface area contributed by atoms with Crippen molar-refractivity contribution in [2.75, 3.05) is 4.90 Å². The van der Waals surface area contributed by atoms with Crippen LogP contribution >= 0.6 is 11.3 Å². The minimum absolute atomic E-state index is 0.880. The Morgan fingerprint density at radius 3 is 1.93 bits per heavy atom. The van der Waals surface area contributed by atoms with E-state index in [9.17, 15) is 0 Å². The first kappa shape index (κ1) is 31.5. The van der Waals surface area contributed by atoms with E-state index in [0.29, 0.717) is 0 Å². The number of anilines is 3. The minimum atomic E-state index is 0.880. The quantitative estimate of drug-likeness (QED) is 0.160. The molecule has 55 heavy (non-hydrogen) atoms. The van der Waals surface area contributed by atoms with Crippen LogP contribution in [0.15, 0.2) is 199 Å². The van der Waals surface area contributed by atoms with Crippen molar-refractivity contribution in [2.45, 2.75) is 0 Å². The highest BCUT2D eigenvalue weighted by Crippen LogP contribution is 2.44. The number of thiazole rings is 1. The highest BCUT2D eigenvalue weighted by atomic mass is 32.1. The maximum Gasteiger partial charge on any atom is 0.137 e. The minimum Gasteiger partial charge on any atom is -0.456 e. The molecule has 0 aliphatic rings. The lowest BCUT2D eigenvalue weighted by Gasteiger charge is -2.28. The molecule has 0 fully saturated rings. The first-order valence-electron chi connectivity index (χ1n) is 18.5. The molecule has 0 unspecified atom stereocenters. The second-order valence-electron chi connectivity index (χ2n) is 13.9. The Morgan fingerprint density at radius 1 is 0.436 bits per heavy atom. The topological polar surface area (TPSA) is 29.3 Å². The van der Waals surface area contributed by atoms with E-state index < -0.39 is 0 Å². The van der Waals surface area contributed by atoms with Gasteiger partial charge in [0.25, 0.3) is 0 Å². The standard InChI is InChI=1S/C51H32N2OS/c1-3-11-34(12-4-1)42-17-9-10-18-46(42)53(40-27-23-36-20-19-35-13-7-8-16-41(35)43(36)32-40)39-25-21-33(22-26-39)38-24-29-47-44(31-38)49-48(54-47)30-28-45-50(49)55-51(52-45)37-14-5-2-6-15-37/h1-32H. The van der Waals surface area contributed by atoms with Crippen LogP contribution in [0.2, 0.25) is 0 Å². The highest BCUT2D eigenvalue weighted by molar-refractivity contribution is 7.22. The molecule has 0 spiro atoms. The lowest BCUT2D eigenvalue weighted by atomic mass is 9.99. The van der Waals surface area contributed by atoms with E-state index in [1.54, 1.807) is 11.3 Å². The first-order chi connectivity index (χ1) is 27.2. The summed E-state index contributed by atoms with van der Waals surface area (Å²) < 4.78 is 7.54. The highest BCUT2D eigenvalue weighted by Gasteiger charge is 2.19. The molecule has 0 saturated carbocycles. The van der Waals surface area contributed by atoms with Crippen LogP contribution in [-0.4, -0.2) is 4.98 Å². The van der Waals surface area contributed by atoms with Crippen molar-refractivity contribution >= 4 is 82.1 Å². The molecule has 0 atom stereocenters. The van der Waals surface area contributed by atoms with E-state index >= 15 is 0 Å². The zero-order valence-electron chi connectivity index (χ0n) is 29.7. The third-order valence-electron chi connectivity index (χ3n) is 10.7. The molecule has 258 valence electrons. The third kappa shape index (κ3) is 5.38. The number of hydrogen-bond donors (Lipinski definition) is 0. The van der Waals surface area contributed by atoms with Gasteiger partial charge in [0.15, 0.2) is 0 Å². The van der Waals surface area contributed by atoms with E-state index in [0.717, 1.165) is 70.9 Å². The maximum absolute atomic E-state index is 6.39. The lowest BCUT2D eigenvalue weighted by Crippen LogP contribution is -2.11. The molecule has 4 heteroatoms. The van der Waals surface area contributed by atoms with E-state index in [2.05, 4.69) is 193 Å². The van der Waals surface area contributed by atoms with Gasteiger partial charge in [-0.1, -0.05) is 140 Å². The van der Waals surface area contributed by atoms with Gasteiger partial charge in [0.1, 0.15) is 16.2 Å². The third-order valence-corrected chi connectivity index (χ3v) is 11.8. The zero-order chi connectivity index (χ0) is 36.3. The Labute approximate surface area is 322 Å². The fraction of sp³-hybridized carbons (Fsp3) is 0. The summed E-state index contributed by atoms with van der Waals surface area (Å²) >= 11 is 1.73. The molecule has 11 rings (SSSR count). The molecule has 11 aromatic rings. The first-order valence-corrected chi connectivity index (χ1v) is 19.3. The van der Waals surface area contributed by atoms with Crippen LogP contribution in [0.5, 0.6) is 0 Å². The van der Waals surface area contributed by atoms with Crippen LogP contribution in [0.1, 0.15) is 0 Å². The average molecular weight is 721 g/mol. The van der Waals surface area contributed by atoms with Crippen molar-refractivity contribution in [3.05, 3.63) is 194 Å². The molecule has 0 saturated heterocycles. The number of hydrogen-bond acceptors (Lipinski definition) is 4. The second kappa shape index (κ2) is 12.8. The summed E-state index contributed by atoms with van der Waals surface area (Å²) in [5.74, 6) is 0. The van der Waals surface area contributed by atoms with Crippen molar-refractivity contribution in [1.82, 2.24) is 4.98 Å². The SMILES string of the molecule is c1ccc(-c2nc3ccc4oc5ccc(-c6ccc(N(c7ccc8ccc9ccccc9c8c7)c7ccccc7-c7ccccc7)cc6)cc5c4c3s2)cc1. The van der Waals surface area contributed by atoms with Gasteiger partial charge in [-0.25, -0.2) is 4.98 Å². The number of para-hydroxylation sites is 1. The fourth-order valence-corrected chi connectivity index (χ4v) is 9.14. The van der Waals surface area contributed by atoms with E-state index in [-0.39, 0.29) is 0 Å². The Balaban J connectivity index is 1.05. The molecular weight excluding hydrogens is 689 g/mol. The Kier molecular flexibility index (Phi) is 7.35. The van der Waals surface area contributed by atoms with Gasteiger partial charge in [-0.05, 0) is 92.8 Å². The van der Waals surface area contributed by atoms with Crippen LogP contribution in [0, 0.1) is 0 Å². The molecule has 2 aromatic heterocycles. The molecule has 0 radical (unpaired) electrons. The van der Waals surface area contributed by atoms with Crippen molar-refractivity contribution in [3.8, 4) is 32.8 Å². The van der Waals surface area contributed by atoms with Gasteiger partial charge < -0.3 is 9.32 Å². The maximum atomic E-state index is 6.39. The molecule has 0 bridgehead atoms. The number of benzene rings is 9. The van der Waals surface area contributed by atoms with Crippen LogP contribution < -0.4 is 4.90 Å². The normalized spacial score (nSPS) is 11.6. The zero-order valence-corrected chi connectivity index (χ0v) is 30.5. The van der Waals surface area contributed by atoms with Crippen molar-refractivity contribution in [1.29, 1.82) is 0 Å². The van der Waals surface area contributed by atoms with Gasteiger partial charge in [-0.2, -0.15) is 0 Å². The van der Waals surface area contributed by atoms with E-state index in [4.69, 9.17) is 9.40 Å². The van der Waals surface area contributed by atoms with Gasteiger partial charge >= 0.3 is 0 Å². The average Bonchev–Trinajstić information content (AvgIpc) is 3.86. The summed E-state index contributed by atoms with van der Waals surface area (Å²) in [6.07, 6.45) is 0. The summed E-state index contributed by atoms with van der Waals surface area (Å²) in [5, 5.41) is 8.20. The molecule has 3 nitrogen and oxygen atoms in total. The van der Waals surface area contributed by atoms with Crippen molar-refractivity contribution in [3.63, 3.8) is 0 Å². The molecule has 0 aliphatic carbocycles. The van der Waals surface area contributed by atoms with Crippen molar-refractivity contribution < 1.29 is 4.42 Å². The number of aromatic nitrogens is 1. The predicted octanol–water partition coefficient (Wildman–Crippen LogP) is 15.0. The Morgan fingerprint density at radius 2 is 1.09 bits per heavy atom. The number of fused-ring (bicyclic) bond motifs is 8. The molecule has 0 N–H and O–H groups in total. The van der Waals surface area contributed by atoms with E-state index in [1.165, 1.54) is 32.7 Å². The summed E-state index contributed by atoms with van der Waals surface area (Å²) in [5.41, 5.74) is 11.8. The van der Waals surface area contributed by atoms with Crippen LogP contribution in [0.4, 0.5) is 17.1 Å². The number of furan rings is 1. The molecule has 0 amide bonds. The molecular formula is C51H32N2OS. The molecule has 2 heterocycles. The summed E-state index contributed by atoms with van der Waals surface area (Å²) in [6.45, 7) is 0. The van der Waals surface area contributed by atoms with Gasteiger partial charge in [0.2, 0.25) is 0 Å². The Hall–Kier alpha value is -7.01. The van der Waals surface area contributed by atoms with E-state index in [1.807, 2.05) is 6.07 Å². The summed E-state index contributed by atoms with van der Waals surface area (Å²) in [4.78, 5) is 7.40. The van der Waals surface area contributed by atoms with Gasteiger partial charge in [0, 0.05) is 33.3 Å². The van der Waals surface area contributed by atoms with Crippen LogP contribution in [0.3, 0.4) is 0 Å². The summed E-state index contributed by atoms with van der Waals surface area (Å²) in [6, 6.07) is 69.3. The smallest absolute Gasteiger partial charge is 0.137 e. The largest absolute Gasteiger partial charge is 0.456 e. The molecule has 9 aromatic carbocycles. The monoisotopic (exact) mass is 720 g/mol. The van der Waals surface area contributed by atoms with Crippen molar-refractivity contribution in [2.24, 2.45) is 0 Å². The van der Waals surface area contributed by atoms with Gasteiger partial charge in [0.05, 0.1) is 15.9 Å². The summed E-state index contributed by atoms with van der Waals surface area (Å²) in [7, 11) is 0. The van der Waals surface area contributed by atoms with Crippen LogP contribution in [-0.2, 0) is 0 Å². The van der Waals surface area contributed by atoms with Gasteiger partial charge in [-0.15, -0.1) is 11.3 Å². The Bertz CT molecular complexity index is 3200. The van der Waals surface area contributed by atoms with Crippen LogP contribution in [0.25, 0.3) is 86.5 Å². The van der Waals surface area contributed by atoms with Gasteiger partial charge in [-0.3, -0.25) is 0 Å². The fourth-order valence-electron chi connectivity index (χ4n) is 8.02. The number of nitrogens with zero attached hydrogens (tertiary/aromatic N) is 2.